The molecular formula is C29H44FN3O2. The molecule has 1 aromatic rings. The molecule has 194 valence electrons. The molecule has 35 heavy (non-hydrogen) atoms. The Bertz CT molecular complexity index is 956. The largest absolute Gasteiger partial charge is 0.397 e. The summed E-state index contributed by atoms with van der Waals surface area (Å²) >= 11 is 0. The standard InChI is InChI=1S/C29H44FN3O2/c1-18-10-13-29(17-35-3)19(14-18)4-6-21-22-7-8-24(28(22,2)12-11-23(21)29)27(34)16-33(32)26-15-20(30)5-9-25(26)31/h5,9,15,18-19,21-24H,4,6-8,10-14,16-17,31-32H2,1-3H3/t18?,19-,21?,22?,23?,24-,28?,29?/m1/s1. The molecule has 6 heteroatoms. The molecule has 6 unspecified atom stereocenters. The molecule has 0 radical (unpaired) electrons. The van der Waals surface area contributed by atoms with Gasteiger partial charge in [0.1, 0.15) is 5.82 Å². The number of rotatable bonds is 6. The molecule has 5 rings (SSSR count). The smallest absolute Gasteiger partial charge is 0.157 e. The average molecular weight is 486 g/mol. The van der Waals surface area contributed by atoms with Gasteiger partial charge in [-0.3, -0.25) is 4.79 Å². The fraction of sp³-hybridized carbons (Fsp3) is 0.759. The van der Waals surface area contributed by atoms with Gasteiger partial charge in [-0.05, 0) is 104 Å². The summed E-state index contributed by atoms with van der Waals surface area (Å²) < 4.78 is 19.7. The number of nitrogens with two attached hydrogens (primary N) is 2. The van der Waals surface area contributed by atoms with Crippen molar-refractivity contribution < 1.29 is 13.9 Å². The third kappa shape index (κ3) is 4.09. The van der Waals surface area contributed by atoms with Crippen LogP contribution in [0.15, 0.2) is 18.2 Å². The maximum atomic E-state index is 13.8. The van der Waals surface area contributed by atoms with Crippen LogP contribution in [0.4, 0.5) is 15.8 Å². The number of ketones is 1. The minimum Gasteiger partial charge on any atom is -0.397 e. The predicted octanol–water partition coefficient (Wildman–Crippen LogP) is 5.58. The van der Waals surface area contributed by atoms with Gasteiger partial charge < -0.3 is 15.5 Å². The zero-order chi connectivity index (χ0) is 25.0. The molecule has 1 aromatic carbocycles. The van der Waals surface area contributed by atoms with Crippen LogP contribution in [0.25, 0.3) is 0 Å². The zero-order valence-corrected chi connectivity index (χ0v) is 21.8. The Balaban J connectivity index is 1.34. The number of benzene rings is 1. The minimum atomic E-state index is -0.402. The molecule has 5 nitrogen and oxygen atoms in total. The van der Waals surface area contributed by atoms with Gasteiger partial charge in [0, 0.05) is 19.1 Å². The van der Waals surface area contributed by atoms with Gasteiger partial charge in [-0.25, -0.2) is 10.2 Å². The van der Waals surface area contributed by atoms with Crippen LogP contribution in [-0.4, -0.2) is 26.0 Å². The minimum absolute atomic E-state index is 0.0109. The number of carbonyl (C=O) groups is 1. The normalized spacial score (nSPS) is 40.5. The highest BCUT2D eigenvalue weighted by atomic mass is 19.1. The summed E-state index contributed by atoms with van der Waals surface area (Å²) in [7, 11) is 1.88. The number of methoxy groups -OCH3 is 1. The number of hydrogen-bond acceptors (Lipinski definition) is 5. The van der Waals surface area contributed by atoms with Crippen LogP contribution >= 0.6 is 0 Å². The molecule has 0 aromatic heterocycles. The fourth-order valence-corrected chi connectivity index (χ4v) is 9.47. The maximum absolute atomic E-state index is 13.8. The maximum Gasteiger partial charge on any atom is 0.157 e. The first kappa shape index (κ1) is 25.0. The first-order valence-electron chi connectivity index (χ1n) is 13.8. The number of nitrogens with zero attached hydrogens (tertiary/aromatic N) is 1. The molecule has 4 aliphatic rings. The van der Waals surface area contributed by atoms with Crippen LogP contribution in [0, 0.1) is 52.2 Å². The molecule has 4 N–H and O–H groups in total. The number of hydrogen-bond donors (Lipinski definition) is 2. The van der Waals surface area contributed by atoms with E-state index in [0.29, 0.717) is 28.6 Å². The van der Waals surface area contributed by atoms with Crippen molar-refractivity contribution in [3.8, 4) is 0 Å². The van der Waals surface area contributed by atoms with E-state index in [-0.39, 0.29) is 23.7 Å². The molecule has 0 saturated heterocycles. The monoisotopic (exact) mass is 485 g/mol. The lowest BCUT2D eigenvalue weighted by Gasteiger charge is -2.62. The van der Waals surface area contributed by atoms with Crippen LogP contribution in [0.2, 0.25) is 0 Å². The van der Waals surface area contributed by atoms with Crippen LogP contribution < -0.4 is 16.6 Å². The molecule has 0 heterocycles. The number of nitrogen functional groups attached to an aromatic ring is 1. The third-order valence-electron chi connectivity index (χ3n) is 11.1. The number of ether oxygens (including phenoxy) is 1. The van der Waals surface area contributed by atoms with Crippen molar-refractivity contribution in [2.24, 2.45) is 52.2 Å². The van der Waals surface area contributed by atoms with E-state index in [0.717, 1.165) is 43.6 Å². The van der Waals surface area contributed by atoms with Gasteiger partial charge in [-0.15, -0.1) is 0 Å². The van der Waals surface area contributed by atoms with Crippen LogP contribution in [0.3, 0.4) is 0 Å². The van der Waals surface area contributed by atoms with Crippen LogP contribution in [0.5, 0.6) is 0 Å². The van der Waals surface area contributed by atoms with Crippen molar-refractivity contribution in [2.45, 2.75) is 71.6 Å². The lowest BCUT2D eigenvalue weighted by molar-refractivity contribution is -0.154. The second-order valence-corrected chi connectivity index (χ2v) is 12.7. The number of anilines is 2. The highest BCUT2D eigenvalue weighted by Gasteiger charge is 2.62. The third-order valence-corrected chi connectivity index (χ3v) is 11.1. The highest BCUT2D eigenvalue weighted by Crippen LogP contribution is 2.68. The van der Waals surface area contributed by atoms with E-state index in [1.54, 1.807) is 0 Å². The van der Waals surface area contributed by atoms with E-state index in [2.05, 4.69) is 13.8 Å². The quantitative estimate of drug-likeness (QED) is 0.312. The average Bonchev–Trinajstić information content (AvgIpc) is 3.18. The van der Waals surface area contributed by atoms with E-state index in [1.807, 2.05) is 7.11 Å². The molecule has 0 amide bonds. The van der Waals surface area contributed by atoms with E-state index >= 15 is 0 Å². The first-order valence-corrected chi connectivity index (χ1v) is 13.8. The number of Topliss-reactive ketones (excluding diaryl/α,β-unsaturated/α-hetero) is 1. The van der Waals surface area contributed by atoms with E-state index < -0.39 is 5.82 Å². The number of fused-ring (bicyclic) bond motifs is 5. The van der Waals surface area contributed by atoms with Gasteiger partial charge in [0.25, 0.3) is 0 Å². The Morgan fingerprint density at radius 2 is 1.94 bits per heavy atom. The summed E-state index contributed by atoms with van der Waals surface area (Å²) in [5, 5.41) is 1.34. The zero-order valence-electron chi connectivity index (χ0n) is 21.8. The predicted molar refractivity (Wildman–Crippen MR) is 138 cm³/mol. The van der Waals surface area contributed by atoms with Crippen LogP contribution in [0.1, 0.15) is 71.6 Å². The molecule has 4 aliphatic carbocycles. The van der Waals surface area contributed by atoms with Gasteiger partial charge in [0.05, 0.1) is 24.5 Å². The molecule has 0 bridgehead atoms. The molecule has 8 atom stereocenters. The van der Waals surface area contributed by atoms with E-state index in [9.17, 15) is 9.18 Å². The Morgan fingerprint density at radius 3 is 2.71 bits per heavy atom. The summed E-state index contributed by atoms with van der Waals surface area (Å²) in [6.45, 7) is 5.77. The number of carbonyl (C=O) groups excluding carboxylic acids is 1. The van der Waals surface area contributed by atoms with Crippen molar-refractivity contribution in [1.82, 2.24) is 0 Å². The molecular weight excluding hydrogens is 441 g/mol. The SMILES string of the molecule is COCC12CCC(C)C[C@H]1CCC1C3CC[C@H](C(=O)CN(N)c4cc(F)ccc4N)C3(C)CCC12. The fourth-order valence-electron chi connectivity index (χ4n) is 9.47. The molecule has 4 saturated carbocycles. The van der Waals surface area contributed by atoms with Crippen LogP contribution in [-0.2, 0) is 9.53 Å². The second kappa shape index (κ2) is 9.33. The van der Waals surface area contributed by atoms with Crippen molar-refractivity contribution in [2.75, 3.05) is 31.0 Å². The van der Waals surface area contributed by atoms with Gasteiger partial charge in [0.2, 0.25) is 0 Å². The highest BCUT2D eigenvalue weighted by molar-refractivity contribution is 5.87. The van der Waals surface area contributed by atoms with Crippen molar-refractivity contribution >= 4 is 17.2 Å². The first-order chi connectivity index (χ1) is 16.7. The second-order valence-electron chi connectivity index (χ2n) is 12.7. The number of halogens is 1. The van der Waals surface area contributed by atoms with Gasteiger partial charge in [-0.1, -0.05) is 20.3 Å². The van der Waals surface area contributed by atoms with E-state index in [4.69, 9.17) is 16.3 Å². The Hall–Kier alpha value is -1.66. The summed E-state index contributed by atoms with van der Waals surface area (Å²) in [6.07, 6.45) is 11.0. The van der Waals surface area contributed by atoms with E-state index in [1.165, 1.54) is 61.7 Å². The lowest BCUT2D eigenvalue weighted by atomic mass is 9.44. The summed E-state index contributed by atoms with van der Waals surface area (Å²) in [6, 6.07) is 4.13. The molecule has 0 aliphatic heterocycles. The topological polar surface area (TPSA) is 81.6 Å². The van der Waals surface area contributed by atoms with Crippen molar-refractivity contribution in [3.63, 3.8) is 0 Å². The Labute approximate surface area is 210 Å². The lowest BCUT2D eigenvalue weighted by Crippen LogP contribution is -2.56. The Morgan fingerprint density at radius 1 is 1.14 bits per heavy atom. The molecule has 0 spiro atoms. The Kier molecular flexibility index (Phi) is 6.67. The van der Waals surface area contributed by atoms with Gasteiger partial charge in [-0.2, -0.15) is 0 Å². The summed E-state index contributed by atoms with van der Waals surface area (Å²) in [5.41, 5.74) is 7.14. The van der Waals surface area contributed by atoms with Crippen molar-refractivity contribution in [3.05, 3.63) is 24.0 Å². The van der Waals surface area contributed by atoms with Gasteiger partial charge >= 0.3 is 0 Å². The number of hydrazine groups is 1. The van der Waals surface area contributed by atoms with Crippen molar-refractivity contribution in [1.29, 1.82) is 0 Å². The molecule has 4 fully saturated rings. The summed E-state index contributed by atoms with van der Waals surface area (Å²) in [5.74, 6) is 9.65. The summed E-state index contributed by atoms with van der Waals surface area (Å²) in [4.78, 5) is 13.6. The van der Waals surface area contributed by atoms with Gasteiger partial charge in [0.15, 0.2) is 5.78 Å².